The van der Waals surface area contributed by atoms with E-state index >= 15 is 0 Å². The van der Waals surface area contributed by atoms with E-state index in [1.54, 1.807) is 0 Å². The van der Waals surface area contributed by atoms with Gasteiger partial charge >= 0.3 is 6.36 Å². The summed E-state index contributed by atoms with van der Waals surface area (Å²) in [5.41, 5.74) is -0.515. The van der Waals surface area contributed by atoms with Crippen molar-refractivity contribution < 1.29 is 22.8 Å². The van der Waals surface area contributed by atoms with Gasteiger partial charge in [-0.05, 0) is 0 Å². The predicted molar refractivity (Wildman–Crippen MR) is 37.6 cm³/mol. The van der Waals surface area contributed by atoms with E-state index in [9.17, 15) is 23.3 Å². The largest absolute Gasteiger partial charge is 0.574 e. The first-order valence-electron chi connectivity index (χ1n) is 3.25. The first-order chi connectivity index (χ1) is 6.38. The highest BCUT2D eigenvalue weighted by atomic mass is 19.4. The Balaban J connectivity index is 2.89. The van der Waals surface area contributed by atoms with Crippen LogP contribution >= 0.6 is 0 Å². The van der Waals surface area contributed by atoms with Gasteiger partial charge in [-0.2, -0.15) is 0 Å². The van der Waals surface area contributed by atoms with Crippen LogP contribution in [-0.2, 0) is 0 Å². The lowest BCUT2D eigenvalue weighted by Crippen LogP contribution is -2.17. The Kier molecular flexibility index (Phi) is 2.54. The molecule has 0 N–H and O–H groups in total. The average molecular weight is 208 g/mol. The Morgan fingerprint density at radius 3 is 2.64 bits per heavy atom. The first kappa shape index (κ1) is 10.2. The van der Waals surface area contributed by atoms with E-state index in [0.29, 0.717) is 6.07 Å². The van der Waals surface area contributed by atoms with Crippen molar-refractivity contribution in [2.75, 3.05) is 0 Å². The summed E-state index contributed by atoms with van der Waals surface area (Å²) in [5, 5.41) is 10.2. The van der Waals surface area contributed by atoms with Gasteiger partial charge in [0, 0.05) is 12.3 Å². The number of alkyl halides is 3. The third kappa shape index (κ3) is 2.88. The maximum absolute atomic E-state index is 11.6. The highest BCUT2D eigenvalue weighted by molar-refractivity contribution is 5.32. The Morgan fingerprint density at radius 2 is 2.14 bits per heavy atom. The molecule has 1 aromatic heterocycles. The maximum atomic E-state index is 11.6. The summed E-state index contributed by atoms with van der Waals surface area (Å²) >= 11 is 0. The number of nitro groups is 1. The first-order valence-corrected chi connectivity index (χ1v) is 3.25. The number of rotatable bonds is 2. The minimum absolute atomic E-state index is 0.515. The molecule has 0 saturated carbocycles. The van der Waals surface area contributed by atoms with Gasteiger partial charge in [0.05, 0.1) is 11.0 Å². The molecule has 0 unspecified atom stereocenters. The van der Waals surface area contributed by atoms with Crippen molar-refractivity contribution in [3.63, 3.8) is 0 Å². The number of nitrogens with zero attached hydrogens (tertiary/aromatic N) is 2. The van der Waals surface area contributed by atoms with Gasteiger partial charge in [0.2, 0.25) is 5.88 Å². The lowest BCUT2D eigenvalue weighted by atomic mass is 10.4. The van der Waals surface area contributed by atoms with Crippen molar-refractivity contribution >= 4 is 5.69 Å². The summed E-state index contributed by atoms with van der Waals surface area (Å²) in [5.74, 6) is -0.855. The van der Waals surface area contributed by atoms with Gasteiger partial charge in [0.25, 0.3) is 5.69 Å². The van der Waals surface area contributed by atoms with Crippen LogP contribution in [0.4, 0.5) is 18.9 Å². The van der Waals surface area contributed by atoms with Crippen LogP contribution in [0.5, 0.6) is 5.88 Å². The maximum Gasteiger partial charge on any atom is 0.574 e. The van der Waals surface area contributed by atoms with E-state index in [-0.39, 0.29) is 0 Å². The molecule has 0 fully saturated rings. The monoisotopic (exact) mass is 208 g/mol. The fourth-order valence-corrected chi connectivity index (χ4v) is 0.687. The zero-order chi connectivity index (χ0) is 10.8. The van der Waals surface area contributed by atoms with Crippen LogP contribution in [0, 0.1) is 10.1 Å². The molecule has 1 aromatic rings. The number of hydrogen-bond acceptors (Lipinski definition) is 4. The average Bonchev–Trinajstić information content (AvgIpc) is 2.01. The van der Waals surface area contributed by atoms with Gasteiger partial charge in [-0.1, -0.05) is 0 Å². The van der Waals surface area contributed by atoms with Crippen LogP contribution < -0.4 is 4.74 Å². The lowest BCUT2D eigenvalue weighted by molar-refractivity contribution is -0.385. The molecule has 8 heteroatoms. The van der Waals surface area contributed by atoms with Crippen LogP contribution in [0.15, 0.2) is 18.3 Å². The second kappa shape index (κ2) is 3.48. The highest BCUT2D eigenvalue weighted by Crippen LogP contribution is 2.23. The van der Waals surface area contributed by atoms with Gasteiger partial charge < -0.3 is 4.74 Å². The summed E-state index contributed by atoms with van der Waals surface area (Å²) in [6.07, 6.45) is -4.04. The third-order valence-corrected chi connectivity index (χ3v) is 1.15. The summed E-state index contributed by atoms with van der Waals surface area (Å²) in [6, 6.07) is 1.55. The minimum Gasteiger partial charge on any atom is -0.388 e. The van der Waals surface area contributed by atoms with E-state index in [0.717, 1.165) is 12.3 Å². The van der Waals surface area contributed by atoms with Gasteiger partial charge in [-0.25, -0.2) is 4.98 Å². The molecule has 14 heavy (non-hydrogen) atoms. The van der Waals surface area contributed by atoms with Gasteiger partial charge in [0.15, 0.2) is 0 Å². The molecule has 0 aliphatic carbocycles. The second-order valence-corrected chi connectivity index (χ2v) is 2.16. The van der Waals surface area contributed by atoms with Gasteiger partial charge in [-0.3, -0.25) is 10.1 Å². The summed E-state index contributed by atoms with van der Waals surface area (Å²) < 4.78 is 38.3. The fraction of sp³-hybridized carbons (Fsp3) is 0.167. The highest BCUT2D eigenvalue weighted by Gasteiger charge is 2.32. The molecule has 0 radical (unpaired) electrons. The van der Waals surface area contributed by atoms with E-state index in [1.807, 2.05) is 0 Å². The standard InChI is InChI=1S/C6H3F3N2O3/c7-6(8,9)14-5-3-4(11(12)13)1-2-10-5/h1-3H. The molecule has 0 saturated heterocycles. The van der Waals surface area contributed by atoms with Crippen LogP contribution in [-0.4, -0.2) is 16.3 Å². The third-order valence-electron chi connectivity index (χ3n) is 1.15. The Hall–Kier alpha value is -1.86. The molecule has 0 atom stereocenters. The zero-order valence-corrected chi connectivity index (χ0v) is 6.49. The minimum atomic E-state index is -4.90. The molecule has 0 spiro atoms. The molecule has 0 aliphatic heterocycles. The molecule has 1 heterocycles. The molecular formula is C6H3F3N2O3. The Labute approximate surface area is 75.3 Å². The molecule has 0 bridgehead atoms. The van der Waals surface area contributed by atoms with Crippen molar-refractivity contribution in [3.05, 3.63) is 28.4 Å². The molecule has 1 rings (SSSR count). The fourth-order valence-electron chi connectivity index (χ4n) is 0.687. The normalized spacial score (nSPS) is 11.1. The van der Waals surface area contributed by atoms with Gasteiger partial charge in [0.1, 0.15) is 0 Å². The number of ether oxygens (including phenoxy) is 1. The van der Waals surface area contributed by atoms with Crippen molar-refractivity contribution in [2.45, 2.75) is 6.36 Å². The summed E-state index contributed by atoms with van der Waals surface area (Å²) in [6.45, 7) is 0. The number of aromatic nitrogens is 1. The Bertz CT molecular complexity index is 352. The van der Waals surface area contributed by atoms with E-state index < -0.39 is 22.9 Å². The van der Waals surface area contributed by atoms with E-state index in [1.165, 1.54) is 0 Å². The SMILES string of the molecule is O=[N+]([O-])c1ccnc(OC(F)(F)F)c1. The smallest absolute Gasteiger partial charge is 0.388 e. The zero-order valence-electron chi connectivity index (χ0n) is 6.49. The number of halogens is 3. The predicted octanol–water partition coefficient (Wildman–Crippen LogP) is 1.89. The number of hydrogen-bond donors (Lipinski definition) is 0. The van der Waals surface area contributed by atoms with Crippen molar-refractivity contribution in [2.24, 2.45) is 0 Å². The van der Waals surface area contributed by atoms with Crippen molar-refractivity contribution in [1.82, 2.24) is 4.98 Å². The second-order valence-electron chi connectivity index (χ2n) is 2.16. The van der Waals surface area contributed by atoms with Crippen LogP contribution in [0.3, 0.4) is 0 Å². The Morgan fingerprint density at radius 1 is 1.50 bits per heavy atom. The van der Waals surface area contributed by atoms with Crippen LogP contribution in [0.2, 0.25) is 0 Å². The van der Waals surface area contributed by atoms with E-state index in [4.69, 9.17) is 0 Å². The van der Waals surface area contributed by atoms with Crippen molar-refractivity contribution in [1.29, 1.82) is 0 Å². The topological polar surface area (TPSA) is 65.3 Å². The van der Waals surface area contributed by atoms with Gasteiger partial charge in [-0.15, -0.1) is 13.2 Å². The molecular weight excluding hydrogens is 205 g/mol. The van der Waals surface area contributed by atoms with Crippen LogP contribution in [0.1, 0.15) is 0 Å². The molecule has 0 aromatic carbocycles. The molecule has 0 amide bonds. The molecule has 0 aliphatic rings. The lowest BCUT2D eigenvalue weighted by Gasteiger charge is -2.06. The van der Waals surface area contributed by atoms with E-state index in [2.05, 4.69) is 9.72 Å². The molecule has 76 valence electrons. The summed E-state index contributed by atoms with van der Waals surface area (Å²) in [7, 11) is 0. The molecule has 5 nitrogen and oxygen atoms in total. The van der Waals surface area contributed by atoms with Crippen molar-refractivity contribution in [3.8, 4) is 5.88 Å². The van der Waals surface area contributed by atoms with Crippen LogP contribution in [0.25, 0.3) is 0 Å². The quantitative estimate of drug-likeness (QED) is 0.549. The number of pyridine rings is 1. The summed E-state index contributed by atoms with van der Waals surface area (Å²) in [4.78, 5) is 12.5.